The van der Waals surface area contributed by atoms with Crippen LogP contribution in [0.3, 0.4) is 0 Å². The summed E-state index contributed by atoms with van der Waals surface area (Å²) in [4.78, 5) is 13.3. The van der Waals surface area contributed by atoms with Crippen LogP contribution in [-0.2, 0) is 0 Å². The highest BCUT2D eigenvalue weighted by atomic mass is 79.9. The highest BCUT2D eigenvalue weighted by Gasteiger charge is 2.17. The summed E-state index contributed by atoms with van der Waals surface area (Å²) in [5, 5.41) is 2.04. The summed E-state index contributed by atoms with van der Waals surface area (Å²) in [5.41, 5.74) is 0.589. The molecule has 0 saturated carbocycles. The van der Waals surface area contributed by atoms with Gasteiger partial charge in [0.2, 0.25) is 5.78 Å². The average molecular weight is 353 g/mol. The van der Waals surface area contributed by atoms with E-state index < -0.39 is 0 Å². The Morgan fingerprint density at radius 1 is 1.21 bits per heavy atom. The van der Waals surface area contributed by atoms with E-state index in [2.05, 4.69) is 15.9 Å². The van der Waals surface area contributed by atoms with E-state index >= 15 is 0 Å². The summed E-state index contributed by atoms with van der Waals surface area (Å²) in [6.07, 6.45) is 0. The normalized spacial score (nSPS) is 10.8. The van der Waals surface area contributed by atoms with Crippen LogP contribution in [0.5, 0.6) is 5.75 Å². The molecule has 0 saturated heterocycles. The molecule has 0 atom stereocenters. The van der Waals surface area contributed by atoms with Gasteiger partial charge in [0.1, 0.15) is 5.75 Å². The smallest absolute Gasteiger partial charge is 0.206 e. The van der Waals surface area contributed by atoms with Crippen molar-refractivity contribution >= 4 is 53.8 Å². The minimum atomic E-state index is 0.00606. The molecule has 0 fully saturated rings. The van der Waals surface area contributed by atoms with Gasteiger partial charge in [0.25, 0.3) is 0 Å². The van der Waals surface area contributed by atoms with E-state index in [1.807, 2.05) is 23.6 Å². The van der Waals surface area contributed by atoms with Gasteiger partial charge in [-0.1, -0.05) is 15.9 Å². The number of thiophene rings is 2. The van der Waals surface area contributed by atoms with Crippen LogP contribution in [0.15, 0.2) is 40.2 Å². The Hall–Kier alpha value is -1.17. The zero-order chi connectivity index (χ0) is 13.4. The first-order valence-corrected chi connectivity index (χ1v) is 8.03. The maximum atomic E-state index is 12.6. The summed E-state index contributed by atoms with van der Waals surface area (Å²) in [6, 6.07) is 9.46. The zero-order valence-corrected chi connectivity index (χ0v) is 13.2. The van der Waals surface area contributed by atoms with Crippen LogP contribution in [0.25, 0.3) is 9.40 Å². The second kappa shape index (κ2) is 5.07. The minimum absolute atomic E-state index is 0.00606. The number of rotatable bonds is 3. The SMILES string of the molecule is COc1ccc(Br)cc1C(=O)c1cc2sccc2s1. The van der Waals surface area contributed by atoms with Crippen molar-refractivity contribution in [1.82, 2.24) is 0 Å². The molecule has 0 bridgehead atoms. The lowest BCUT2D eigenvalue weighted by atomic mass is 10.1. The number of methoxy groups -OCH3 is 1. The first kappa shape index (κ1) is 12.8. The fourth-order valence-electron chi connectivity index (χ4n) is 1.87. The van der Waals surface area contributed by atoms with E-state index in [-0.39, 0.29) is 5.78 Å². The molecule has 0 spiro atoms. The summed E-state index contributed by atoms with van der Waals surface area (Å²) in [5.74, 6) is 0.608. The van der Waals surface area contributed by atoms with Crippen LogP contribution in [0.2, 0.25) is 0 Å². The standard InChI is InChI=1S/C14H9BrO2S2/c1-17-10-3-2-8(15)6-9(10)14(16)13-7-12-11(19-13)4-5-18-12/h2-7H,1H3. The van der Waals surface area contributed by atoms with Crippen LogP contribution in [0, 0.1) is 0 Å². The Labute approximate surface area is 126 Å². The molecule has 0 radical (unpaired) electrons. The molecule has 0 unspecified atom stereocenters. The van der Waals surface area contributed by atoms with Crippen molar-refractivity contribution in [3.63, 3.8) is 0 Å². The van der Waals surface area contributed by atoms with Gasteiger partial charge >= 0.3 is 0 Å². The second-order valence-corrected chi connectivity index (χ2v) is 6.88. The number of hydrogen-bond donors (Lipinski definition) is 0. The molecule has 3 aromatic rings. The van der Waals surface area contributed by atoms with E-state index in [0.717, 1.165) is 18.7 Å². The van der Waals surface area contributed by atoms with Crippen LogP contribution < -0.4 is 4.74 Å². The maximum Gasteiger partial charge on any atom is 0.206 e. The Kier molecular flexibility index (Phi) is 3.43. The predicted molar refractivity (Wildman–Crippen MR) is 83.8 cm³/mol. The molecule has 1 aromatic carbocycles. The van der Waals surface area contributed by atoms with Gasteiger partial charge in [-0.05, 0) is 35.7 Å². The van der Waals surface area contributed by atoms with Crippen molar-refractivity contribution < 1.29 is 9.53 Å². The molecular weight excluding hydrogens is 344 g/mol. The third kappa shape index (κ3) is 2.33. The lowest BCUT2D eigenvalue weighted by Crippen LogP contribution is -2.01. The van der Waals surface area contributed by atoms with Gasteiger partial charge in [0.05, 0.1) is 17.6 Å². The number of carbonyl (C=O) groups excluding carboxylic acids is 1. The van der Waals surface area contributed by atoms with Gasteiger partial charge in [-0.3, -0.25) is 4.79 Å². The first-order valence-electron chi connectivity index (χ1n) is 5.54. The topological polar surface area (TPSA) is 26.3 Å². The van der Waals surface area contributed by atoms with Crippen LogP contribution in [0.4, 0.5) is 0 Å². The maximum absolute atomic E-state index is 12.6. The molecule has 96 valence electrons. The molecule has 5 heteroatoms. The van der Waals surface area contributed by atoms with Crippen LogP contribution >= 0.6 is 38.6 Å². The fourth-order valence-corrected chi connectivity index (χ4v) is 4.29. The first-order chi connectivity index (χ1) is 9.19. The van der Waals surface area contributed by atoms with Gasteiger partial charge in [0.15, 0.2) is 0 Å². The number of halogens is 1. The van der Waals surface area contributed by atoms with E-state index in [0.29, 0.717) is 11.3 Å². The van der Waals surface area contributed by atoms with Gasteiger partial charge < -0.3 is 4.74 Å². The quantitative estimate of drug-likeness (QED) is 0.622. The van der Waals surface area contributed by atoms with E-state index in [1.165, 1.54) is 11.3 Å². The summed E-state index contributed by atoms with van der Waals surface area (Å²) in [6.45, 7) is 0. The van der Waals surface area contributed by atoms with Gasteiger partial charge in [-0.25, -0.2) is 0 Å². The Morgan fingerprint density at radius 3 is 2.79 bits per heavy atom. The monoisotopic (exact) mass is 352 g/mol. The van der Waals surface area contributed by atoms with Crippen LogP contribution in [0.1, 0.15) is 15.2 Å². The zero-order valence-electron chi connectivity index (χ0n) is 9.98. The second-order valence-electron chi connectivity index (χ2n) is 3.93. The molecule has 19 heavy (non-hydrogen) atoms. The van der Waals surface area contributed by atoms with Gasteiger partial charge in [-0.15, -0.1) is 22.7 Å². The minimum Gasteiger partial charge on any atom is -0.496 e. The molecular formula is C14H9BrO2S2. The number of ketones is 1. The van der Waals surface area contributed by atoms with Crippen molar-refractivity contribution in [2.75, 3.05) is 7.11 Å². The number of carbonyl (C=O) groups is 1. The molecule has 3 rings (SSSR count). The molecule has 0 aliphatic rings. The van der Waals surface area contributed by atoms with Crippen molar-refractivity contribution in [3.05, 3.63) is 50.6 Å². The molecule has 2 heterocycles. The highest BCUT2D eigenvalue weighted by molar-refractivity contribution is 9.10. The van der Waals surface area contributed by atoms with Crippen molar-refractivity contribution in [2.24, 2.45) is 0 Å². The third-order valence-corrected chi connectivity index (χ3v) is 5.35. The number of fused-ring (bicyclic) bond motifs is 1. The van der Waals surface area contributed by atoms with Crippen molar-refractivity contribution in [2.45, 2.75) is 0 Å². The molecule has 2 nitrogen and oxygen atoms in total. The Bertz CT molecular complexity index is 729. The number of ether oxygens (including phenoxy) is 1. The van der Waals surface area contributed by atoms with Gasteiger partial charge in [0, 0.05) is 13.9 Å². The number of benzene rings is 1. The highest BCUT2D eigenvalue weighted by Crippen LogP contribution is 2.33. The van der Waals surface area contributed by atoms with Crippen molar-refractivity contribution in [3.8, 4) is 5.75 Å². The molecule has 0 N–H and O–H groups in total. The van der Waals surface area contributed by atoms with E-state index in [9.17, 15) is 4.79 Å². The largest absolute Gasteiger partial charge is 0.496 e. The van der Waals surface area contributed by atoms with Crippen molar-refractivity contribution in [1.29, 1.82) is 0 Å². The van der Waals surface area contributed by atoms with E-state index in [1.54, 1.807) is 30.6 Å². The van der Waals surface area contributed by atoms with Gasteiger partial charge in [-0.2, -0.15) is 0 Å². The fraction of sp³-hybridized carbons (Fsp3) is 0.0714. The van der Waals surface area contributed by atoms with Crippen LogP contribution in [-0.4, -0.2) is 12.9 Å². The molecule has 0 aliphatic carbocycles. The molecule has 0 aliphatic heterocycles. The summed E-state index contributed by atoms with van der Waals surface area (Å²) < 4.78 is 8.44. The molecule has 2 aromatic heterocycles. The lowest BCUT2D eigenvalue weighted by Gasteiger charge is -2.06. The summed E-state index contributed by atoms with van der Waals surface area (Å²) in [7, 11) is 1.58. The predicted octanol–water partition coefficient (Wildman–Crippen LogP) is 4.96. The number of hydrogen-bond acceptors (Lipinski definition) is 4. The Balaban J connectivity index is 2.08. The molecule has 0 amide bonds. The third-order valence-electron chi connectivity index (χ3n) is 2.77. The Morgan fingerprint density at radius 2 is 2.05 bits per heavy atom. The summed E-state index contributed by atoms with van der Waals surface area (Å²) >= 11 is 6.56. The lowest BCUT2D eigenvalue weighted by molar-refractivity contribution is 0.103. The average Bonchev–Trinajstić information content (AvgIpc) is 2.98. The van der Waals surface area contributed by atoms with E-state index in [4.69, 9.17) is 4.74 Å².